The Balaban J connectivity index is 1.55. The highest BCUT2D eigenvalue weighted by molar-refractivity contribution is 7.22. The van der Waals surface area contributed by atoms with Crippen molar-refractivity contribution in [3.8, 4) is 27.7 Å². The van der Waals surface area contributed by atoms with Crippen LogP contribution in [0.1, 0.15) is 24.5 Å². The molecule has 0 saturated carbocycles. The molecule has 8 nitrogen and oxygen atoms in total. The van der Waals surface area contributed by atoms with Gasteiger partial charge in [0, 0.05) is 11.3 Å². The van der Waals surface area contributed by atoms with Crippen LogP contribution in [0, 0.1) is 6.92 Å². The van der Waals surface area contributed by atoms with Crippen molar-refractivity contribution in [2.24, 2.45) is 0 Å². The lowest BCUT2D eigenvalue weighted by atomic mass is 9.89. The maximum absolute atomic E-state index is 13.4. The third-order valence-corrected chi connectivity index (χ3v) is 8.29. The standard InChI is InChI=1S/C27H22F6N2O6S/c1-13-20-22(37)34-24(38)35(12-19(36)26(28,29)30)23(20)42-21(13)14-3-8-17(18(11-14)41-27(31,32)33)40-16-6-4-15(5-7-16)25(2)9-10-39-25/h3-8,11,19,36H,9-10,12H2,1-2H3,(H,34,37,38)/t19-,25?/m1/s1. The molecule has 1 fully saturated rings. The van der Waals surface area contributed by atoms with Crippen LogP contribution < -0.4 is 20.7 Å². The molecule has 0 aliphatic carbocycles. The Kier molecular flexibility index (Phi) is 7.39. The molecule has 1 aliphatic rings. The summed E-state index contributed by atoms with van der Waals surface area (Å²) in [5, 5.41) is 9.39. The minimum Gasteiger partial charge on any atom is -0.453 e. The number of hydrogen-bond donors (Lipinski definition) is 2. The van der Waals surface area contributed by atoms with E-state index in [0.717, 1.165) is 18.1 Å². The summed E-state index contributed by atoms with van der Waals surface area (Å²) >= 11 is 0.708. The number of aromatic amines is 1. The van der Waals surface area contributed by atoms with Gasteiger partial charge in [0.2, 0.25) is 0 Å². The largest absolute Gasteiger partial charge is 0.573 e. The van der Waals surface area contributed by atoms with Gasteiger partial charge in [-0.2, -0.15) is 13.2 Å². The molecule has 2 aromatic heterocycles. The quantitative estimate of drug-likeness (QED) is 0.248. The molecule has 0 amide bonds. The Bertz CT molecular complexity index is 1750. The number of hydrogen-bond acceptors (Lipinski definition) is 7. The number of nitrogens with zero attached hydrogens (tertiary/aromatic N) is 1. The second-order valence-corrected chi connectivity index (χ2v) is 10.8. The van der Waals surface area contributed by atoms with Gasteiger partial charge in [0.15, 0.2) is 17.6 Å². The summed E-state index contributed by atoms with van der Waals surface area (Å²) in [7, 11) is 0. The highest BCUT2D eigenvalue weighted by atomic mass is 32.1. The molecule has 224 valence electrons. The smallest absolute Gasteiger partial charge is 0.453 e. The molecule has 2 atom stereocenters. The summed E-state index contributed by atoms with van der Waals surface area (Å²) < 4.78 is 95.1. The number of aliphatic hydroxyl groups excluding tert-OH is 1. The molecule has 42 heavy (non-hydrogen) atoms. The average molecular weight is 617 g/mol. The number of halogens is 6. The minimum absolute atomic E-state index is 0.112. The van der Waals surface area contributed by atoms with Gasteiger partial charge in [-0.05, 0) is 60.9 Å². The lowest BCUT2D eigenvalue weighted by molar-refractivity contribution is -0.275. The summed E-state index contributed by atoms with van der Waals surface area (Å²) in [6.45, 7) is 2.78. The van der Waals surface area contributed by atoms with E-state index >= 15 is 0 Å². The zero-order chi connectivity index (χ0) is 30.6. The summed E-state index contributed by atoms with van der Waals surface area (Å²) in [6, 6.07) is 10.2. The fourth-order valence-electron chi connectivity index (χ4n) is 4.57. The number of nitrogens with one attached hydrogen (secondary N) is 1. The van der Waals surface area contributed by atoms with Gasteiger partial charge in [0.1, 0.15) is 10.6 Å². The van der Waals surface area contributed by atoms with Crippen molar-refractivity contribution in [1.82, 2.24) is 9.55 Å². The van der Waals surface area contributed by atoms with Crippen LogP contribution in [-0.4, -0.2) is 39.9 Å². The zero-order valence-electron chi connectivity index (χ0n) is 21.9. The number of thiophene rings is 1. The first-order valence-electron chi connectivity index (χ1n) is 12.4. The summed E-state index contributed by atoms with van der Waals surface area (Å²) in [4.78, 5) is 26.9. The van der Waals surface area contributed by atoms with Gasteiger partial charge in [-0.15, -0.1) is 24.5 Å². The molecule has 1 aliphatic heterocycles. The number of rotatable bonds is 7. The number of fused-ring (bicyclic) bond motifs is 1. The van der Waals surface area contributed by atoms with Crippen LogP contribution in [0.3, 0.4) is 0 Å². The summed E-state index contributed by atoms with van der Waals surface area (Å²) in [5.41, 5.74) is -1.34. The Morgan fingerprint density at radius 1 is 1.10 bits per heavy atom. The highest BCUT2D eigenvalue weighted by Gasteiger charge is 2.39. The van der Waals surface area contributed by atoms with Gasteiger partial charge < -0.3 is 19.3 Å². The van der Waals surface area contributed by atoms with E-state index in [9.17, 15) is 41.0 Å². The van der Waals surface area contributed by atoms with E-state index in [1.54, 1.807) is 24.3 Å². The first-order chi connectivity index (χ1) is 19.6. The van der Waals surface area contributed by atoms with Crippen LogP contribution in [-0.2, 0) is 16.9 Å². The van der Waals surface area contributed by atoms with E-state index in [2.05, 4.69) is 4.74 Å². The van der Waals surface area contributed by atoms with E-state index in [4.69, 9.17) is 9.47 Å². The van der Waals surface area contributed by atoms with E-state index < -0.39 is 47.8 Å². The fourth-order valence-corrected chi connectivity index (χ4v) is 5.88. The highest BCUT2D eigenvalue weighted by Crippen LogP contribution is 2.43. The first kappa shape index (κ1) is 29.7. The second-order valence-electron chi connectivity index (χ2n) is 9.83. The van der Waals surface area contributed by atoms with Crippen molar-refractivity contribution >= 4 is 21.6 Å². The van der Waals surface area contributed by atoms with E-state index in [0.29, 0.717) is 22.5 Å². The molecular formula is C27H22F6N2O6S. The van der Waals surface area contributed by atoms with Crippen molar-refractivity contribution in [2.75, 3.05) is 6.61 Å². The van der Waals surface area contributed by atoms with Crippen molar-refractivity contribution in [3.63, 3.8) is 0 Å². The van der Waals surface area contributed by atoms with Gasteiger partial charge in [0.25, 0.3) is 5.56 Å². The molecular weight excluding hydrogens is 594 g/mol. The van der Waals surface area contributed by atoms with Crippen LogP contribution in [0.15, 0.2) is 52.1 Å². The maximum atomic E-state index is 13.4. The molecule has 15 heteroatoms. The predicted octanol–water partition coefficient (Wildman–Crippen LogP) is 5.98. The number of aliphatic hydroxyl groups is 1. The number of ether oxygens (including phenoxy) is 3. The van der Waals surface area contributed by atoms with Crippen molar-refractivity contribution in [3.05, 3.63) is 74.4 Å². The molecule has 2 N–H and O–H groups in total. The Morgan fingerprint density at radius 2 is 1.76 bits per heavy atom. The Hall–Kier alpha value is -3.82. The van der Waals surface area contributed by atoms with Gasteiger partial charge in [-0.25, -0.2) is 4.79 Å². The predicted molar refractivity (Wildman–Crippen MR) is 140 cm³/mol. The van der Waals surface area contributed by atoms with Crippen LogP contribution in [0.2, 0.25) is 0 Å². The normalized spacial score (nSPS) is 18.1. The third-order valence-electron chi connectivity index (χ3n) is 6.92. The molecule has 0 bridgehead atoms. The number of alkyl halides is 6. The minimum atomic E-state index is -5.10. The SMILES string of the molecule is Cc1c(-c2ccc(Oc3ccc(C4(C)CCO4)cc3)c(OC(F)(F)F)c2)sc2c1c(=O)[nH]c(=O)n2C[C@@H](O)C(F)(F)F. The zero-order valence-corrected chi connectivity index (χ0v) is 22.7. The number of benzene rings is 2. The molecule has 1 saturated heterocycles. The Morgan fingerprint density at radius 3 is 2.33 bits per heavy atom. The van der Waals surface area contributed by atoms with Gasteiger partial charge in [-0.1, -0.05) is 12.1 Å². The van der Waals surface area contributed by atoms with E-state index in [1.165, 1.54) is 19.1 Å². The Labute approximate surface area is 236 Å². The fraction of sp³-hybridized carbons (Fsp3) is 0.333. The lowest BCUT2D eigenvalue weighted by Gasteiger charge is -2.39. The van der Waals surface area contributed by atoms with E-state index in [1.807, 2.05) is 11.9 Å². The molecule has 5 rings (SSSR count). The van der Waals surface area contributed by atoms with Crippen LogP contribution in [0.25, 0.3) is 20.7 Å². The van der Waals surface area contributed by atoms with Crippen molar-refractivity contribution in [2.45, 2.75) is 51.1 Å². The van der Waals surface area contributed by atoms with Crippen molar-refractivity contribution < 1.29 is 45.7 Å². The number of H-pyrrole nitrogens is 1. The molecule has 2 aromatic carbocycles. The molecule has 1 unspecified atom stereocenters. The molecule has 3 heterocycles. The van der Waals surface area contributed by atoms with Crippen molar-refractivity contribution in [1.29, 1.82) is 0 Å². The second kappa shape index (κ2) is 10.5. The maximum Gasteiger partial charge on any atom is 0.573 e. The lowest BCUT2D eigenvalue weighted by Crippen LogP contribution is -2.38. The van der Waals surface area contributed by atoms with Gasteiger partial charge in [-0.3, -0.25) is 14.3 Å². The van der Waals surface area contributed by atoms with Crippen LogP contribution in [0.5, 0.6) is 17.2 Å². The topological polar surface area (TPSA) is 103 Å². The summed E-state index contributed by atoms with van der Waals surface area (Å²) in [5.74, 6) is -0.774. The number of aryl methyl sites for hydroxylation is 1. The van der Waals surface area contributed by atoms with Gasteiger partial charge >= 0.3 is 18.2 Å². The van der Waals surface area contributed by atoms with Crippen LogP contribution in [0.4, 0.5) is 26.3 Å². The van der Waals surface area contributed by atoms with Crippen LogP contribution >= 0.6 is 11.3 Å². The van der Waals surface area contributed by atoms with Gasteiger partial charge in [0.05, 0.1) is 24.1 Å². The molecule has 0 radical (unpaired) electrons. The molecule has 0 spiro atoms. The monoisotopic (exact) mass is 616 g/mol. The van der Waals surface area contributed by atoms with E-state index in [-0.39, 0.29) is 37.7 Å². The third kappa shape index (κ3) is 5.76. The average Bonchev–Trinajstić information content (AvgIpc) is 3.22. The molecule has 4 aromatic rings. The first-order valence-corrected chi connectivity index (χ1v) is 13.2. The number of aromatic nitrogens is 2. The summed E-state index contributed by atoms with van der Waals surface area (Å²) in [6.07, 6.45) is -12.2.